The molecule has 8 heteroatoms. The summed E-state index contributed by atoms with van der Waals surface area (Å²) in [4.78, 5) is 22.4. The Balaban J connectivity index is 2.23. The van der Waals surface area contributed by atoms with Crippen LogP contribution in [0.3, 0.4) is 0 Å². The average molecular weight is 325 g/mol. The lowest BCUT2D eigenvalue weighted by Gasteiger charge is -2.24. The summed E-state index contributed by atoms with van der Waals surface area (Å²) in [5.74, 6) is -0.538. The van der Waals surface area contributed by atoms with Crippen LogP contribution < -0.4 is 15.9 Å². The second kappa shape index (κ2) is 5.55. The molecule has 2 N–H and O–H groups in total. The number of nitro benzene ring substituents is 1. The minimum atomic E-state index is -0.771. The Morgan fingerprint density at radius 2 is 2.00 bits per heavy atom. The van der Waals surface area contributed by atoms with E-state index in [4.69, 9.17) is 14.9 Å². The minimum absolute atomic E-state index is 0.0742. The molecular formula is C16H11N3O5. The zero-order valence-electron chi connectivity index (χ0n) is 12.5. The van der Waals surface area contributed by atoms with Gasteiger partial charge in [0.2, 0.25) is 17.1 Å². The van der Waals surface area contributed by atoms with E-state index in [0.29, 0.717) is 11.3 Å². The third-order valence-electron chi connectivity index (χ3n) is 3.64. The Hall–Kier alpha value is -3.60. The molecule has 0 spiro atoms. The van der Waals surface area contributed by atoms with Gasteiger partial charge in [-0.3, -0.25) is 14.9 Å². The summed E-state index contributed by atoms with van der Waals surface area (Å²) in [5.41, 5.74) is 5.86. The second-order valence-corrected chi connectivity index (χ2v) is 5.19. The van der Waals surface area contributed by atoms with Gasteiger partial charge in [-0.25, -0.2) is 0 Å². The Morgan fingerprint density at radius 3 is 2.58 bits per heavy atom. The molecule has 1 atom stereocenters. The zero-order chi connectivity index (χ0) is 17.4. The fourth-order valence-electron chi connectivity index (χ4n) is 2.58. The van der Waals surface area contributed by atoms with E-state index in [1.807, 2.05) is 6.07 Å². The largest absolute Gasteiger partial charge is 0.461 e. The Morgan fingerprint density at radius 1 is 1.33 bits per heavy atom. The number of nitrogens with zero attached hydrogens (tertiary/aromatic N) is 2. The van der Waals surface area contributed by atoms with Crippen molar-refractivity contribution in [2.75, 3.05) is 0 Å². The van der Waals surface area contributed by atoms with Crippen molar-refractivity contribution in [3.63, 3.8) is 0 Å². The van der Waals surface area contributed by atoms with Crippen LogP contribution in [0.1, 0.15) is 23.0 Å². The van der Waals surface area contributed by atoms with E-state index >= 15 is 0 Å². The summed E-state index contributed by atoms with van der Waals surface area (Å²) in [6.45, 7) is 1.60. The highest BCUT2D eigenvalue weighted by Crippen LogP contribution is 2.41. The van der Waals surface area contributed by atoms with Crippen LogP contribution in [0.5, 0.6) is 5.75 Å². The van der Waals surface area contributed by atoms with E-state index in [0.717, 1.165) is 0 Å². The van der Waals surface area contributed by atoms with Gasteiger partial charge < -0.3 is 14.9 Å². The molecule has 0 amide bonds. The first-order valence-electron chi connectivity index (χ1n) is 6.89. The Labute approximate surface area is 135 Å². The molecule has 8 nitrogen and oxygen atoms in total. The smallest absolute Gasteiger partial charge is 0.269 e. The highest BCUT2D eigenvalue weighted by molar-refractivity contribution is 5.52. The van der Waals surface area contributed by atoms with Crippen LogP contribution >= 0.6 is 0 Å². The molecule has 0 saturated carbocycles. The van der Waals surface area contributed by atoms with Gasteiger partial charge in [0.05, 0.1) is 10.8 Å². The number of aryl methyl sites for hydroxylation is 1. The van der Waals surface area contributed by atoms with Gasteiger partial charge in [-0.15, -0.1) is 0 Å². The van der Waals surface area contributed by atoms with Crippen molar-refractivity contribution in [3.05, 3.63) is 79.2 Å². The number of ether oxygens (including phenoxy) is 1. The third kappa shape index (κ3) is 2.38. The first kappa shape index (κ1) is 15.3. The number of rotatable bonds is 2. The first-order chi connectivity index (χ1) is 11.4. The van der Waals surface area contributed by atoms with Crippen molar-refractivity contribution in [3.8, 4) is 11.8 Å². The van der Waals surface area contributed by atoms with Gasteiger partial charge in [0.25, 0.3) is 5.69 Å². The molecule has 3 rings (SSSR count). The molecule has 120 valence electrons. The summed E-state index contributed by atoms with van der Waals surface area (Å²) in [6.07, 6.45) is 0. The fraction of sp³-hybridized carbons (Fsp3) is 0.125. The molecule has 0 aliphatic carbocycles. The van der Waals surface area contributed by atoms with Crippen molar-refractivity contribution in [1.82, 2.24) is 0 Å². The minimum Gasteiger partial charge on any atom is -0.461 e. The fourth-order valence-corrected chi connectivity index (χ4v) is 2.58. The van der Waals surface area contributed by atoms with E-state index in [9.17, 15) is 20.2 Å². The number of non-ortho nitro benzene ring substituents is 1. The van der Waals surface area contributed by atoms with Crippen molar-refractivity contribution in [2.45, 2.75) is 12.8 Å². The number of benzene rings is 1. The Kier molecular flexibility index (Phi) is 3.54. The molecule has 0 fully saturated rings. The standard InChI is InChI=1S/C16H11N3O5/c1-8-6-12(20)14-15(23-8)13(11(7-17)16(18)24-14)9-2-4-10(5-3-9)19(21)22/h2-6,13H,18H2,1H3. The maximum absolute atomic E-state index is 12.1. The predicted molar refractivity (Wildman–Crippen MR) is 82.1 cm³/mol. The summed E-state index contributed by atoms with van der Waals surface area (Å²) in [5, 5.41) is 20.2. The van der Waals surface area contributed by atoms with Crippen LogP contribution in [0.15, 0.2) is 51.0 Å². The number of hydrogen-bond acceptors (Lipinski definition) is 7. The van der Waals surface area contributed by atoms with Crippen LogP contribution in [0, 0.1) is 28.4 Å². The van der Waals surface area contributed by atoms with E-state index in [-0.39, 0.29) is 28.7 Å². The van der Waals surface area contributed by atoms with Crippen molar-refractivity contribution < 1.29 is 14.1 Å². The van der Waals surface area contributed by atoms with Crippen molar-refractivity contribution in [2.24, 2.45) is 5.73 Å². The van der Waals surface area contributed by atoms with Crippen LogP contribution in [-0.4, -0.2) is 4.92 Å². The maximum Gasteiger partial charge on any atom is 0.269 e. The second-order valence-electron chi connectivity index (χ2n) is 5.19. The summed E-state index contributed by atoms with van der Waals surface area (Å²) < 4.78 is 10.9. The molecule has 1 unspecified atom stereocenters. The normalized spacial score (nSPS) is 16.1. The molecule has 0 saturated heterocycles. The quantitative estimate of drug-likeness (QED) is 0.660. The van der Waals surface area contributed by atoms with Gasteiger partial charge in [-0.05, 0) is 12.5 Å². The van der Waals surface area contributed by atoms with E-state index in [2.05, 4.69) is 0 Å². The number of hydrogen-bond donors (Lipinski definition) is 1. The lowest BCUT2D eigenvalue weighted by molar-refractivity contribution is -0.384. The lowest BCUT2D eigenvalue weighted by Crippen LogP contribution is -2.25. The molecule has 0 bridgehead atoms. The predicted octanol–water partition coefficient (Wildman–Crippen LogP) is 2.07. The summed E-state index contributed by atoms with van der Waals surface area (Å²) >= 11 is 0. The molecule has 24 heavy (non-hydrogen) atoms. The highest BCUT2D eigenvalue weighted by Gasteiger charge is 2.35. The highest BCUT2D eigenvalue weighted by atomic mass is 16.6. The molecule has 1 aliphatic rings. The van der Waals surface area contributed by atoms with Gasteiger partial charge in [-0.1, -0.05) is 12.1 Å². The third-order valence-corrected chi connectivity index (χ3v) is 3.64. The van der Waals surface area contributed by atoms with Gasteiger partial charge in [0, 0.05) is 18.2 Å². The monoisotopic (exact) mass is 325 g/mol. The zero-order valence-corrected chi connectivity index (χ0v) is 12.5. The molecule has 2 heterocycles. The average Bonchev–Trinajstić information content (AvgIpc) is 2.54. The van der Waals surface area contributed by atoms with Crippen molar-refractivity contribution in [1.29, 1.82) is 5.26 Å². The van der Waals surface area contributed by atoms with Crippen LogP contribution in [0.4, 0.5) is 5.69 Å². The topological polar surface area (TPSA) is 132 Å². The SMILES string of the molecule is Cc1cc(=O)c2c(o1)C(c1ccc([N+](=O)[O-])cc1)C(C#N)=C(N)O2. The van der Waals surface area contributed by atoms with Crippen LogP contribution in [0.2, 0.25) is 0 Å². The molecule has 1 aromatic heterocycles. The molecule has 2 aromatic rings. The van der Waals surface area contributed by atoms with Gasteiger partial charge in [0.1, 0.15) is 17.4 Å². The van der Waals surface area contributed by atoms with Gasteiger partial charge >= 0.3 is 0 Å². The maximum atomic E-state index is 12.1. The molecule has 1 aliphatic heterocycles. The Bertz CT molecular complexity index is 967. The van der Waals surface area contributed by atoms with E-state index in [1.54, 1.807) is 6.92 Å². The summed E-state index contributed by atoms with van der Waals surface area (Å²) in [7, 11) is 0. The lowest BCUT2D eigenvalue weighted by atomic mass is 9.87. The van der Waals surface area contributed by atoms with E-state index in [1.165, 1.54) is 30.3 Å². The first-order valence-corrected chi connectivity index (χ1v) is 6.89. The number of allylic oxidation sites excluding steroid dienone is 1. The molecular weight excluding hydrogens is 314 g/mol. The van der Waals surface area contributed by atoms with Gasteiger partial charge in [-0.2, -0.15) is 5.26 Å². The molecule has 0 radical (unpaired) electrons. The van der Waals surface area contributed by atoms with Crippen LogP contribution in [0.25, 0.3) is 0 Å². The number of nitrogens with two attached hydrogens (primary N) is 1. The number of fused-ring (bicyclic) bond motifs is 1. The summed E-state index contributed by atoms with van der Waals surface area (Å²) in [6, 6.07) is 8.81. The molecule has 1 aromatic carbocycles. The van der Waals surface area contributed by atoms with Gasteiger partial charge in [0.15, 0.2) is 5.76 Å². The van der Waals surface area contributed by atoms with E-state index < -0.39 is 16.3 Å². The van der Waals surface area contributed by atoms with Crippen LogP contribution in [-0.2, 0) is 0 Å². The number of nitro groups is 1. The van der Waals surface area contributed by atoms with Crippen molar-refractivity contribution >= 4 is 5.69 Å². The number of nitriles is 1.